The van der Waals surface area contributed by atoms with Crippen molar-refractivity contribution >= 4 is 23.2 Å². The zero-order valence-electron chi connectivity index (χ0n) is 13.9. The Kier molecular flexibility index (Phi) is 4.95. The lowest BCUT2D eigenvalue weighted by atomic mass is 10.1. The van der Waals surface area contributed by atoms with Crippen LogP contribution in [-0.2, 0) is 0 Å². The first-order valence-electron chi connectivity index (χ1n) is 7.76. The van der Waals surface area contributed by atoms with Crippen LogP contribution in [0.2, 0.25) is 5.02 Å². The molecule has 0 aliphatic carbocycles. The van der Waals surface area contributed by atoms with Gasteiger partial charge in [-0.25, -0.2) is 5.43 Å². The van der Waals surface area contributed by atoms with E-state index in [9.17, 15) is 4.79 Å². The Balaban J connectivity index is 1.73. The molecule has 0 spiro atoms. The highest BCUT2D eigenvalue weighted by molar-refractivity contribution is 6.34. The van der Waals surface area contributed by atoms with Gasteiger partial charge in [0.05, 0.1) is 11.4 Å². The van der Waals surface area contributed by atoms with Gasteiger partial charge < -0.3 is 0 Å². The van der Waals surface area contributed by atoms with Gasteiger partial charge in [0.25, 0.3) is 5.91 Å². The maximum absolute atomic E-state index is 12.2. The molecule has 2 N–H and O–H groups in total. The van der Waals surface area contributed by atoms with Gasteiger partial charge in [0.15, 0.2) is 0 Å². The Morgan fingerprint density at radius 3 is 2.60 bits per heavy atom. The number of hydrazone groups is 1. The first-order chi connectivity index (χ1) is 12.0. The number of rotatable bonds is 4. The van der Waals surface area contributed by atoms with E-state index in [2.05, 4.69) is 20.7 Å². The molecule has 2 aromatic carbocycles. The molecule has 1 heterocycles. The van der Waals surface area contributed by atoms with Crippen LogP contribution in [0.4, 0.5) is 0 Å². The number of aryl methyl sites for hydroxylation is 1. The average molecular weight is 353 g/mol. The van der Waals surface area contributed by atoms with Gasteiger partial charge in [-0.3, -0.25) is 9.89 Å². The minimum atomic E-state index is -0.364. The van der Waals surface area contributed by atoms with Crippen LogP contribution in [0.3, 0.4) is 0 Å². The van der Waals surface area contributed by atoms with Gasteiger partial charge in [0, 0.05) is 16.1 Å². The maximum Gasteiger partial charge on any atom is 0.289 e. The number of aromatic nitrogens is 2. The second kappa shape index (κ2) is 7.32. The normalized spacial score (nSPS) is 11.4. The van der Waals surface area contributed by atoms with E-state index in [0.29, 0.717) is 22.1 Å². The lowest BCUT2D eigenvalue weighted by Gasteiger charge is -2.03. The van der Waals surface area contributed by atoms with Crippen LogP contribution in [0.25, 0.3) is 11.3 Å². The Hall–Kier alpha value is -2.92. The van der Waals surface area contributed by atoms with E-state index in [0.717, 1.165) is 11.1 Å². The van der Waals surface area contributed by atoms with Crippen LogP contribution in [0.1, 0.15) is 28.5 Å². The first kappa shape index (κ1) is 16.9. The molecular formula is C19H17ClN4O. The van der Waals surface area contributed by atoms with Crippen LogP contribution in [0, 0.1) is 6.92 Å². The number of halogens is 1. The predicted octanol–water partition coefficient (Wildman–Crippen LogP) is 4.19. The number of carbonyl (C=O) groups excluding carboxylic acids is 1. The number of nitrogens with zero attached hydrogens (tertiary/aromatic N) is 2. The molecule has 0 bridgehead atoms. The number of hydrogen-bond donors (Lipinski definition) is 2. The molecule has 0 saturated carbocycles. The van der Waals surface area contributed by atoms with E-state index in [4.69, 9.17) is 11.6 Å². The van der Waals surface area contributed by atoms with Crippen LogP contribution in [0.15, 0.2) is 59.7 Å². The summed E-state index contributed by atoms with van der Waals surface area (Å²) < 4.78 is 0. The van der Waals surface area contributed by atoms with E-state index in [1.54, 1.807) is 19.1 Å². The molecule has 1 amide bonds. The molecule has 0 fully saturated rings. The van der Waals surface area contributed by atoms with Gasteiger partial charge in [-0.2, -0.15) is 10.2 Å². The molecular weight excluding hydrogens is 336 g/mol. The van der Waals surface area contributed by atoms with Gasteiger partial charge in [-0.05, 0) is 26.0 Å². The number of hydrogen-bond acceptors (Lipinski definition) is 3. The van der Waals surface area contributed by atoms with Crippen molar-refractivity contribution in [3.05, 3.63) is 76.4 Å². The topological polar surface area (TPSA) is 70.1 Å². The Labute approximate surface area is 150 Å². The van der Waals surface area contributed by atoms with Crippen molar-refractivity contribution in [1.29, 1.82) is 0 Å². The standard InChI is InChI=1S/C19H17ClN4O/c1-12-7-9-14(10-8-12)17-11-18(23-22-17)19(25)24-21-13(2)15-5-3-4-6-16(15)20/h3-11H,1-2H3,(H,22,23)(H,24,25)/b21-13-. The number of aromatic amines is 1. The van der Waals surface area contributed by atoms with Gasteiger partial charge in [-0.1, -0.05) is 59.6 Å². The number of H-pyrrole nitrogens is 1. The van der Waals surface area contributed by atoms with Gasteiger partial charge in [0.1, 0.15) is 5.69 Å². The lowest BCUT2D eigenvalue weighted by Crippen LogP contribution is -2.19. The SMILES string of the molecule is C/C(=N/NC(=O)c1cc(-c2ccc(C)cc2)n[nH]1)c1ccccc1Cl. The van der Waals surface area contributed by atoms with Crippen LogP contribution < -0.4 is 5.43 Å². The smallest absolute Gasteiger partial charge is 0.272 e. The molecule has 25 heavy (non-hydrogen) atoms. The number of carbonyl (C=O) groups is 1. The van der Waals surface area contributed by atoms with Crippen molar-refractivity contribution in [2.24, 2.45) is 5.10 Å². The molecule has 5 nitrogen and oxygen atoms in total. The molecule has 0 aliphatic heterocycles. The van der Waals surface area contributed by atoms with Gasteiger partial charge in [-0.15, -0.1) is 0 Å². The first-order valence-corrected chi connectivity index (χ1v) is 8.14. The summed E-state index contributed by atoms with van der Waals surface area (Å²) >= 11 is 6.12. The number of nitrogens with one attached hydrogen (secondary N) is 2. The third kappa shape index (κ3) is 3.95. The summed E-state index contributed by atoms with van der Waals surface area (Å²) in [6, 6.07) is 17.0. The maximum atomic E-state index is 12.2. The highest BCUT2D eigenvalue weighted by Crippen LogP contribution is 2.18. The second-order valence-electron chi connectivity index (χ2n) is 5.65. The van der Waals surface area contributed by atoms with E-state index >= 15 is 0 Å². The highest BCUT2D eigenvalue weighted by atomic mass is 35.5. The van der Waals surface area contributed by atoms with Crippen LogP contribution >= 0.6 is 11.6 Å². The van der Waals surface area contributed by atoms with Crippen molar-refractivity contribution in [2.75, 3.05) is 0 Å². The zero-order chi connectivity index (χ0) is 17.8. The summed E-state index contributed by atoms with van der Waals surface area (Å²) in [6.45, 7) is 3.80. The van der Waals surface area contributed by atoms with Crippen molar-refractivity contribution in [1.82, 2.24) is 15.6 Å². The van der Waals surface area contributed by atoms with E-state index < -0.39 is 0 Å². The predicted molar refractivity (Wildman–Crippen MR) is 99.9 cm³/mol. The Morgan fingerprint density at radius 1 is 1.16 bits per heavy atom. The minimum Gasteiger partial charge on any atom is -0.272 e. The van der Waals surface area contributed by atoms with E-state index in [-0.39, 0.29) is 5.91 Å². The fourth-order valence-corrected chi connectivity index (χ4v) is 2.59. The van der Waals surface area contributed by atoms with Crippen molar-refractivity contribution < 1.29 is 4.79 Å². The summed E-state index contributed by atoms with van der Waals surface area (Å²) in [5.74, 6) is -0.364. The molecule has 0 radical (unpaired) electrons. The molecule has 0 aliphatic rings. The summed E-state index contributed by atoms with van der Waals surface area (Å²) in [5, 5.41) is 11.6. The van der Waals surface area contributed by atoms with E-state index in [1.807, 2.05) is 49.4 Å². The van der Waals surface area contributed by atoms with E-state index in [1.165, 1.54) is 5.56 Å². The highest BCUT2D eigenvalue weighted by Gasteiger charge is 2.11. The fraction of sp³-hybridized carbons (Fsp3) is 0.105. The average Bonchev–Trinajstić information content (AvgIpc) is 3.10. The summed E-state index contributed by atoms with van der Waals surface area (Å²) in [6.07, 6.45) is 0. The monoisotopic (exact) mass is 352 g/mol. The summed E-state index contributed by atoms with van der Waals surface area (Å²) in [7, 11) is 0. The second-order valence-corrected chi connectivity index (χ2v) is 6.06. The van der Waals surface area contributed by atoms with Crippen molar-refractivity contribution in [2.45, 2.75) is 13.8 Å². The largest absolute Gasteiger partial charge is 0.289 e. The fourth-order valence-electron chi connectivity index (χ4n) is 2.32. The Bertz CT molecular complexity index is 929. The Morgan fingerprint density at radius 2 is 1.88 bits per heavy atom. The molecule has 1 aromatic heterocycles. The summed E-state index contributed by atoms with van der Waals surface area (Å²) in [5.41, 5.74) is 7.07. The molecule has 0 atom stereocenters. The molecule has 0 unspecified atom stereocenters. The van der Waals surface area contributed by atoms with Crippen molar-refractivity contribution in [3.63, 3.8) is 0 Å². The van der Waals surface area contributed by atoms with Gasteiger partial charge in [0.2, 0.25) is 0 Å². The molecule has 6 heteroatoms. The molecule has 3 rings (SSSR count). The van der Waals surface area contributed by atoms with Gasteiger partial charge >= 0.3 is 0 Å². The molecule has 3 aromatic rings. The third-order valence-corrected chi connectivity index (χ3v) is 4.09. The lowest BCUT2D eigenvalue weighted by molar-refractivity contribution is 0.0950. The third-order valence-electron chi connectivity index (χ3n) is 3.76. The van der Waals surface area contributed by atoms with Crippen LogP contribution in [0.5, 0.6) is 0 Å². The number of amides is 1. The molecule has 0 saturated heterocycles. The zero-order valence-corrected chi connectivity index (χ0v) is 14.6. The quantitative estimate of drug-likeness (QED) is 0.546. The minimum absolute atomic E-state index is 0.339. The molecule has 126 valence electrons. The van der Waals surface area contributed by atoms with Crippen LogP contribution in [-0.4, -0.2) is 21.8 Å². The number of benzene rings is 2. The van der Waals surface area contributed by atoms with Crippen molar-refractivity contribution in [3.8, 4) is 11.3 Å². The summed E-state index contributed by atoms with van der Waals surface area (Å²) in [4.78, 5) is 12.2.